The lowest BCUT2D eigenvalue weighted by Crippen LogP contribution is -2.45. The van der Waals surface area contributed by atoms with Crippen molar-refractivity contribution >= 4 is 16.6 Å². The number of H-pyrrole nitrogens is 1. The van der Waals surface area contributed by atoms with Crippen LogP contribution in [0.15, 0.2) is 54.7 Å². The van der Waals surface area contributed by atoms with Crippen LogP contribution in [0.1, 0.15) is 49.7 Å². The van der Waals surface area contributed by atoms with E-state index >= 15 is 0 Å². The SMILES string of the molecule is CN(C)c1ccccc1C1CCC(C)(NCCc2c[nH]c3ccccc23)CC1. The molecule has 4 rings (SSSR count). The fraction of sp³-hybridized carbons (Fsp3) is 0.440. The highest BCUT2D eigenvalue weighted by molar-refractivity contribution is 5.83. The Bertz CT molecular complexity index is 916. The highest BCUT2D eigenvalue weighted by atomic mass is 15.1. The van der Waals surface area contributed by atoms with Crippen LogP contribution in [0.2, 0.25) is 0 Å². The molecular weight excluding hydrogens is 342 g/mol. The molecule has 1 heterocycles. The molecule has 0 unspecified atom stereocenters. The second kappa shape index (κ2) is 8.00. The van der Waals surface area contributed by atoms with E-state index in [1.807, 2.05) is 0 Å². The molecule has 0 bridgehead atoms. The normalized spacial score (nSPS) is 22.5. The highest BCUT2D eigenvalue weighted by Gasteiger charge is 2.32. The Kier molecular flexibility index (Phi) is 5.45. The van der Waals surface area contributed by atoms with E-state index in [9.17, 15) is 0 Å². The van der Waals surface area contributed by atoms with E-state index < -0.39 is 0 Å². The van der Waals surface area contributed by atoms with Gasteiger partial charge in [0.1, 0.15) is 0 Å². The van der Waals surface area contributed by atoms with Gasteiger partial charge in [0, 0.05) is 42.4 Å². The third-order valence-corrected chi connectivity index (χ3v) is 6.57. The van der Waals surface area contributed by atoms with Gasteiger partial charge in [-0.15, -0.1) is 0 Å². The largest absolute Gasteiger partial charge is 0.377 e. The van der Waals surface area contributed by atoms with Gasteiger partial charge >= 0.3 is 0 Å². The first-order chi connectivity index (χ1) is 13.6. The van der Waals surface area contributed by atoms with Gasteiger partial charge in [0.25, 0.3) is 0 Å². The van der Waals surface area contributed by atoms with E-state index in [1.165, 1.54) is 53.4 Å². The predicted octanol–water partition coefficient (Wildman–Crippen LogP) is 5.48. The molecule has 0 atom stereocenters. The average molecular weight is 376 g/mol. The predicted molar refractivity (Wildman–Crippen MR) is 120 cm³/mol. The van der Waals surface area contributed by atoms with Crippen LogP contribution in [0.5, 0.6) is 0 Å². The second-order valence-electron chi connectivity index (χ2n) is 8.82. The van der Waals surface area contributed by atoms with Gasteiger partial charge in [0.2, 0.25) is 0 Å². The molecule has 28 heavy (non-hydrogen) atoms. The maximum Gasteiger partial charge on any atom is 0.0456 e. The molecule has 0 aliphatic heterocycles. The number of aromatic amines is 1. The van der Waals surface area contributed by atoms with Gasteiger partial charge in [-0.3, -0.25) is 0 Å². The average Bonchev–Trinajstić information content (AvgIpc) is 3.12. The molecule has 0 spiro atoms. The summed E-state index contributed by atoms with van der Waals surface area (Å²) in [6, 6.07) is 17.5. The van der Waals surface area contributed by atoms with E-state index in [2.05, 4.69) is 90.9 Å². The first kappa shape index (κ1) is 19.1. The summed E-state index contributed by atoms with van der Waals surface area (Å²) in [5.41, 5.74) is 5.82. The van der Waals surface area contributed by atoms with Crippen LogP contribution in [0, 0.1) is 0 Å². The number of nitrogens with one attached hydrogen (secondary N) is 2. The molecule has 1 aromatic heterocycles. The van der Waals surface area contributed by atoms with Gasteiger partial charge in [-0.1, -0.05) is 36.4 Å². The molecular formula is C25H33N3. The van der Waals surface area contributed by atoms with Crippen molar-refractivity contribution in [2.24, 2.45) is 0 Å². The van der Waals surface area contributed by atoms with Crippen LogP contribution in [0.3, 0.4) is 0 Å². The summed E-state index contributed by atoms with van der Waals surface area (Å²) in [6.45, 7) is 3.45. The van der Waals surface area contributed by atoms with E-state index in [4.69, 9.17) is 0 Å². The van der Waals surface area contributed by atoms with E-state index in [0.29, 0.717) is 5.92 Å². The maximum absolute atomic E-state index is 3.89. The number of rotatable bonds is 6. The van der Waals surface area contributed by atoms with E-state index in [1.54, 1.807) is 0 Å². The van der Waals surface area contributed by atoms with Crippen molar-refractivity contribution in [3.05, 3.63) is 65.9 Å². The lowest BCUT2D eigenvalue weighted by Gasteiger charge is -2.39. The number of hydrogen-bond acceptors (Lipinski definition) is 2. The van der Waals surface area contributed by atoms with Crippen molar-refractivity contribution in [1.82, 2.24) is 10.3 Å². The molecule has 0 radical (unpaired) electrons. The lowest BCUT2D eigenvalue weighted by atomic mass is 9.74. The Balaban J connectivity index is 1.34. The Hall–Kier alpha value is -2.26. The first-order valence-electron chi connectivity index (χ1n) is 10.6. The van der Waals surface area contributed by atoms with Gasteiger partial charge in [0.05, 0.1) is 0 Å². The fourth-order valence-corrected chi connectivity index (χ4v) is 4.82. The molecule has 0 amide bonds. The van der Waals surface area contributed by atoms with Gasteiger partial charge in [-0.2, -0.15) is 0 Å². The van der Waals surface area contributed by atoms with Gasteiger partial charge < -0.3 is 15.2 Å². The van der Waals surface area contributed by atoms with Crippen molar-refractivity contribution in [3.8, 4) is 0 Å². The number of aromatic nitrogens is 1. The van der Waals surface area contributed by atoms with Crippen molar-refractivity contribution in [2.75, 3.05) is 25.5 Å². The molecule has 2 N–H and O–H groups in total. The van der Waals surface area contributed by atoms with E-state index in [-0.39, 0.29) is 5.54 Å². The van der Waals surface area contributed by atoms with Crippen molar-refractivity contribution < 1.29 is 0 Å². The van der Waals surface area contributed by atoms with E-state index in [0.717, 1.165) is 13.0 Å². The third-order valence-electron chi connectivity index (χ3n) is 6.57. The van der Waals surface area contributed by atoms with Gasteiger partial charge in [-0.05, 0) is 74.8 Å². The lowest BCUT2D eigenvalue weighted by molar-refractivity contribution is 0.238. The standard InChI is InChI=1S/C25H33N3/c1-25(27-17-14-20-18-26-23-10-6-4-8-21(20)23)15-12-19(13-16-25)22-9-5-7-11-24(22)28(2)3/h4-11,18-19,26-27H,12-17H2,1-3H3. The number of anilines is 1. The smallest absolute Gasteiger partial charge is 0.0456 e. The molecule has 0 saturated heterocycles. The molecule has 1 saturated carbocycles. The van der Waals surface area contributed by atoms with Gasteiger partial charge in [-0.25, -0.2) is 0 Å². The molecule has 148 valence electrons. The first-order valence-corrected chi connectivity index (χ1v) is 10.6. The van der Waals surface area contributed by atoms with Crippen molar-refractivity contribution in [3.63, 3.8) is 0 Å². The Labute approximate surface area is 169 Å². The zero-order chi connectivity index (χ0) is 19.6. The molecule has 3 aromatic rings. The number of nitrogens with zero attached hydrogens (tertiary/aromatic N) is 1. The van der Waals surface area contributed by atoms with Crippen LogP contribution >= 0.6 is 0 Å². The number of fused-ring (bicyclic) bond motifs is 1. The number of benzene rings is 2. The minimum atomic E-state index is 0.260. The van der Waals surface area contributed by atoms with Crippen molar-refractivity contribution in [2.45, 2.75) is 50.5 Å². The summed E-state index contributed by atoms with van der Waals surface area (Å²) in [7, 11) is 4.30. The molecule has 1 fully saturated rings. The molecule has 1 aliphatic carbocycles. The minimum absolute atomic E-state index is 0.260. The van der Waals surface area contributed by atoms with Crippen LogP contribution in [-0.4, -0.2) is 31.2 Å². The topological polar surface area (TPSA) is 31.1 Å². The third kappa shape index (κ3) is 3.95. The minimum Gasteiger partial charge on any atom is -0.377 e. The quantitative estimate of drug-likeness (QED) is 0.597. The number of para-hydroxylation sites is 2. The monoisotopic (exact) mass is 375 g/mol. The van der Waals surface area contributed by atoms with Gasteiger partial charge in [0.15, 0.2) is 0 Å². The molecule has 3 nitrogen and oxygen atoms in total. The fourth-order valence-electron chi connectivity index (χ4n) is 4.82. The Morgan fingerprint density at radius 2 is 1.75 bits per heavy atom. The summed E-state index contributed by atoms with van der Waals surface area (Å²) in [6.07, 6.45) is 8.26. The summed E-state index contributed by atoms with van der Waals surface area (Å²) >= 11 is 0. The van der Waals surface area contributed by atoms with Crippen molar-refractivity contribution in [1.29, 1.82) is 0 Å². The van der Waals surface area contributed by atoms with Crippen LogP contribution < -0.4 is 10.2 Å². The zero-order valence-corrected chi connectivity index (χ0v) is 17.5. The maximum atomic E-state index is 3.89. The summed E-state index contributed by atoms with van der Waals surface area (Å²) in [5.74, 6) is 0.682. The summed E-state index contributed by atoms with van der Waals surface area (Å²) in [4.78, 5) is 5.65. The Morgan fingerprint density at radius 3 is 2.54 bits per heavy atom. The van der Waals surface area contributed by atoms with Crippen LogP contribution in [0.4, 0.5) is 5.69 Å². The van der Waals surface area contributed by atoms with Crippen LogP contribution in [-0.2, 0) is 6.42 Å². The second-order valence-corrected chi connectivity index (χ2v) is 8.82. The summed E-state index contributed by atoms with van der Waals surface area (Å²) in [5, 5.41) is 5.25. The molecule has 1 aliphatic rings. The molecule has 3 heteroatoms. The highest BCUT2D eigenvalue weighted by Crippen LogP contribution is 2.40. The Morgan fingerprint density at radius 1 is 1.04 bits per heavy atom. The summed E-state index contributed by atoms with van der Waals surface area (Å²) < 4.78 is 0. The number of hydrogen-bond donors (Lipinski definition) is 2. The van der Waals surface area contributed by atoms with Crippen LogP contribution in [0.25, 0.3) is 10.9 Å². The molecule has 2 aromatic carbocycles. The zero-order valence-electron chi connectivity index (χ0n) is 17.5.